The van der Waals surface area contributed by atoms with E-state index in [1.807, 2.05) is 4.90 Å². The van der Waals surface area contributed by atoms with Crippen LogP contribution in [0.4, 0.5) is 18.9 Å². The first-order valence-corrected chi connectivity index (χ1v) is 7.86. The van der Waals surface area contributed by atoms with Crippen LogP contribution >= 0.6 is 0 Å². The summed E-state index contributed by atoms with van der Waals surface area (Å²) in [5.41, 5.74) is 0.0391. The summed E-state index contributed by atoms with van der Waals surface area (Å²) in [6.07, 6.45) is -4.38. The molecule has 2 aromatic rings. The van der Waals surface area contributed by atoms with Crippen molar-refractivity contribution in [2.45, 2.75) is 6.18 Å². The number of halogens is 3. The van der Waals surface area contributed by atoms with Crippen molar-refractivity contribution in [2.75, 3.05) is 31.1 Å². The van der Waals surface area contributed by atoms with Crippen LogP contribution in [0.25, 0.3) is 0 Å². The number of alkyl halides is 3. The fourth-order valence-corrected chi connectivity index (χ4v) is 2.87. The second-order valence-corrected chi connectivity index (χ2v) is 5.84. The molecule has 1 fully saturated rings. The third-order valence-electron chi connectivity index (χ3n) is 4.24. The van der Waals surface area contributed by atoms with Gasteiger partial charge in [0.1, 0.15) is 5.75 Å². The SMILES string of the molecule is O=C(c1ccccc1O)N1CCN(c2cccc(C(F)(F)F)c2)CC1. The van der Waals surface area contributed by atoms with Crippen LogP contribution in [0, 0.1) is 0 Å². The summed E-state index contributed by atoms with van der Waals surface area (Å²) in [5, 5.41) is 9.78. The molecule has 0 aromatic heterocycles. The van der Waals surface area contributed by atoms with Crippen molar-refractivity contribution in [3.05, 3.63) is 59.7 Å². The summed E-state index contributed by atoms with van der Waals surface area (Å²) >= 11 is 0. The first-order chi connectivity index (χ1) is 11.9. The highest BCUT2D eigenvalue weighted by Crippen LogP contribution is 2.32. The maximum atomic E-state index is 12.8. The lowest BCUT2D eigenvalue weighted by atomic mass is 10.1. The highest BCUT2D eigenvalue weighted by atomic mass is 19.4. The molecular weight excluding hydrogens is 333 g/mol. The number of hydrogen-bond acceptors (Lipinski definition) is 3. The van der Waals surface area contributed by atoms with Crippen molar-refractivity contribution in [3.63, 3.8) is 0 Å². The van der Waals surface area contributed by atoms with Gasteiger partial charge in [-0.15, -0.1) is 0 Å². The molecular formula is C18H17F3N2O2. The molecule has 7 heteroatoms. The Morgan fingerprint density at radius 3 is 2.28 bits per heavy atom. The summed E-state index contributed by atoms with van der Waals surface area (Å²) in [5.74, 6) is -0.352. The summed E-state index contributed by atoms with van der Waals surface area (Å²) in [6.45, 7) is 1.62. The number of aromatic hydroxyl groups is 1. The van der Waals surface area contributed by atoms with Crippen LogP contribution in [0.2, 0.25) is 0 Å². The molecule has 4 nitrogen and oxygen atoms in total. The number of carbonyl (C=O) groups is 1. The van der Waals surface area contributed by atoms with Crippen LogP contribution in [0.5, 0.6) is 5.75 Å². The van der Waals surface area contributed by atoms with Crippen LogP contribution in [0.3, 0.4) is 0 Å². The molecule has 3 rings (SSSR count). The monoisotopic (exact) mass is 350 g/mol. The Labute approximate surface area is 143 Å². The minimum atomic E-state index is -4.38. The molecule has 0 unspecified atom stereocenters. The Bertz CT molecular complexity index is 769. The Morgan fingerprint density at radius 2 is 1.64 bits per heavy atom. The first-order valence-electron chi connectivity index (χ1n) is 7.86. The Balaban J connectivity index is 1.68. The van der Waals surface area contributed by atoms with E-state index in [0.29, 0.717) is 31.9 Å². The number of anilines is 1. The van der Waals surface area contributed by atoms with Crippen molar-refractivity contribution in [2.24, 2.45) is 0 Å². The predicted octanol–water partition coefficient (Wildman–Crippen LogP) is 3.37. The lowest BCUT2D eigenvalue weighted by Gasteiger charge is -2.36. The van der Waals surface area contributed by atoms with Crippen LogP contribution in [0.1, 0.15) is 15.9 Å². The topological polar surface area (TPSA) is 43.8 Å². The Kier molecular flexibility index (Phi) is 4.57. The first kappa shape index (κ1) is 17.1. The molecule has 0 aliphatic carbocycles. The molecule has 1 aliphatic heterocycles. The van der Waals surface area contributed by atoms with Gasteiger partial charge in [-0.3, -0.25) is 4.79 Å². The molecule has 1 saturated heterocycles. The average Bonchev–Trinajstić information content (AvgIpc) is 2.61. The maximum Gasteiger partial charge on any atom is 0.416 e. The molecule has 0 saturated carbocycles. The number of phenols is 1. The van der Waals surface area contributed by atoms with Gasteiger partial charge in [0.15, 0.2) is 0 Å². The van der Waals surface area contributed by atoms with E-state index in [-0.39, 0.29) is 17.2 Å². The van der Waals surface area contributed by atoms with Gasteiger partial charge in [0.2, 0.25) is 0 Å². The van der Waals surface area contributed by atoms with Crippen LogP contribution in [-0.2, 0) is 6.18 Å². The van der Waals surface area contributed by atoms with Gasteiger partial charge in [-0.25, -0.2) is 0 Å². The number of para-hydroxylation sites is 1. The molecule has 1 aliphatic rings. The fraction of sp³-hybridized carbons (Fsp3) is 0.278. The number of hydrogen-bond donors (Lipinski definition) is 1. The van der Waals surface area contributed by atoms with E-state index in [2.05, 4.69) is 0 Å². The Hall–Kier alpha value is -2.70. The van der Waals surface area contributed by atoms with Crippen LogP contribution < -0.4 is 4.90 Å². The van der Waals surface area contributed by atoms with E-state index in [9.17, 15) is 23.1 Å². The van der Waals surface area contributed by atoms with E-state index in [4.69, 9.17) is 0 Å². The minimum Gasteiger partial charge on any atom is -0.507 e. The second-order valence-electron chi connectivity index (χ2n) is 5.84. The maximum absolute atomic E-state index is 12.8. The van der Waals surface area contributed by atoms with Crippen molar-refractivity contribution in [1.29, 1.82) is 0 Å². The van der Waals surface area contributed by atoms with Crippen LogP contribution in [0.15, 0.2) is 48.5 Å². The van der Waals surface area contributed by atoms with Crippen LogP contribution in [-0.4, -0.2) is 42.1 Å². The summed E-state index contributed by atoms with van der Waals surface area (Å²) < 4.78 is 38.5. The number of carbonyl (C=O) groups excluding carboxylic acids is 1. The summed E-state index contributed by atoms with van der Waals surface area (Å²) in [7, 11) is 0. The van der Waals surface area contributed by atoms with E-state index in [1.54, 1.807) is 29.2 Å². The largest absolute Gasteiger partial charge is 0.507 e. The molecule has 1 amide bonds. The molecule has 0 radical (unpaired) electrons. The summed E-state index contributed by atoms with van der Waals surface area (Å²) in [4.78, 5) is 15.9. The smallest absolute Gasteiger partial charge is 0.416 e. The third-order valence-corrected chi connectivity index (χ3v) is 4.24. The third kappa shape index (κ3) is 3.70. The predicted molar refractivity (Wildman–Crippen MR) is 87.7 cm³/mol. The number of amides is 1. The van der Waals surface area contributed by atoms with Gasteiger partial charge in [0, 0.05) is 31.9 Å². The van der Waals surface area contributed by atoms with E-state index >= 15 is 0 Å². The zero-order chi connectivity index (χ0) is 18.0. The number of piperazine rings is 1. The molecule has 0 atom stereocenters. The number of rotatable bonds is 2. The quantitative estimate of drug-likeness (QED) is 0.903. The minimum absolute atomic E-state index is 0.0761. The highest BCUT2D eigenvalue weighted by molar-refractivity contribution is 5.96. The molecule has 0 bridgehead atoms. The van der Waals surface area contributed by atoms with Crippen molar-refractivity contribution in [1.82, 2.24) is 4.90 Å². The molecule has 25 heavy (non-hydrogen) atoms. The molecule has 1 N–H and O–H groups in total. The lowest BCUT2D eigenvalue weighted by Crippen LogP contribution is -2.48. The standard InChI is InChI=1S/C18H17F3N2O2/c19-18(20,21)13-4-3-5-14(12-13)22-8-10-23(11-9-22)17(25)15-6-1-2-7-16(15)24/h1-7,12,24H,8-11H2. The van der Waals surface area contributed by atoms with E-state index in [0.717, 1.165) is 12.1 Å². The van der Waals surface area contributed by atoms with E-state index < -0.39 is 11.7 Å². The van der Waals surface area contributed by atoms with Gasteiger partial charge < -0.3 is 14.9 Å². The number of phenolic OH excluding ortho intramolecular Hbond substituents is 1. The number of benzene rings is 2. The van der Waals surface area contributed by atoms with Gasteiger partial charge in [0.05, 0.1) is 11.1 Å². The second kappa shape index (κ2) is 6.66. The zero-order valence-corrected chi connectivity index (χ0v) is 13.3. The molecule has 0 spiro atoms. The zero-order valence-electron chi connectivity index (χ0n) is 13.3. The van der Waals surface area contributed by atoms with Crippen molar-refractivity contribution < 1.29 is 23.1 Å². The van der Waals surface area contributed by atoms with Crippen molar-refractivity contribution >= 4 is 11.6 Å². The van der Waals surface area contributed by atoms with Gasteiger partial charge in [-0.2, -0.15) is 13.2 Å². The summed E-state index contributed by atoms with van der Waals surface area (Å²) in [6, 6.07) is 11.5. The van der Waals surface area contributed by atoms with E-state index in [1.165, 1.54) is 12.1 Å². The lowest BCUT2D eigenvalue weighted by molar-refractivity contribution is -0.137. The average molecular weight is 350 g/mol. The molecule has 132 valence electrons. The highest BCUT2D eigenvalue weighted by Gasteiger charge is 2.31. The fourth-order valence-electron chi connectivity index (χ4n) is 2.87. The molecule has 2 aromatic carbocycles. The van der Waals surface area contributed by atoms with Crippen molar-refractivity contribution in [3.8, 4) is 5.75 Å². The molecule has 1 heterocycles. The van der Waals surface area contributed by atoms with Gasteiger partial charge >= 0.3 is 6.18 Å². The number of nitrogens with zero attached hydrogens (tertiary/aromatic N) is 2. The Morgan fingerprint density at radius 1 is 0.960 bits per heavy atom. The normalized spacial score (nSPS) is 15.3. The van der Waals surface area contributed by atoms with Gasteiger partial charge in [0.25, 0.3) is 5.91 Å². The van der Waals surface area contributed by atoms with Gasteiger partial charge in [-0.1, -0.05) is 18.2 Å². The van der Waals surface area contributed by atoms with Gasteiger partial charge in [-0.05, 0) is 30.3 Å².